The van der Waals surface area contributed by atoms with Crippen LogP contribution >= 0.6 is 0 Å². The molecule has 2 fully saturated rings. The smallest absolute Gasteiger partial charge is 0.224 e. The second-order valence-electron chi connectivity index (χ2n) is 6.14. The number of carbonyl (C=O) groups excluding carboxylic acids is 1. The number of piperidine rings is 1. The van der Waals surface area contributed by atoms with Crippen molar-refractivity contribution < 1.29 is 4.79 Å². The molecular weight excluding hydrogens is 226 g/mol. The SMILES string of the molecule is CC(C)C(CN)C(=O)NC1CCN(C2CC2)CC1. The highest BCUT2D eigenvalue weighted by atomic mass is 16.2. The first kappa shape index (κ1) is 13.8. The maximum atomic E-state index is 12.1. The molecular formula is C14H27N3O. The highest BCUT2D eigenvalue weighted by Gasteiger charge is 2.32. The van der Waals surface area contributed by atoms with Crippen molar-refractivity contribution in [2.75, 3.05) is 19.6 Å². The second kappa shape index (κ2) is 6.02. The zero-order valence-electron chi connectivity index (χ0n) is 11.7. The molecule has 4 heteroatoms. The van der Waals surface area contributed by atoms with Crippen LogP contribution in [-0.4, -0.2) is 42.5 Å². The summed E-state index contributed by atoms with van der Waals surface area (Å²) in [5, 5.41) is 3.19. The fourth-order valence-electron chi connectivity index (χ4n) is 2.84. The molecule has 4 nitrogen and oxygen atoms in total. The molecule has 0 bridgehead atoms. The van der Waals surface area contributed by atoms with E-state index in [0.717, 1.165) is 32.0 Å². The minimum Gasteiger partial charge on any atom is -0.353 e. The van der Waals surface area contributed by atoms with E-state index in [0.29, 0.717) is 18.5 Å². The predicted molar refractivity (Wildman–Crippen MR) is 73.1 cm³/mol. The summed E-state index contributed by atoms with van der Waals surface area (Å²) in [6.45, 7) is 6.86. The van der Waals surface area contributed by atoms with Crippen molar-refractivity contribution in [3.05, 3.63) is 0 Å². The van der Waals surface area contributed by atoms with Gasteiger partial charge in [-0.3, -0.25) is 4.79 Å². The third-order valence-electron chi connectivity index (χ3n) is 4.33. The molecule has 2 aliphatic rings. The minimum absolute atomic E-state index is 0.0357. The Kier molecular flexibility index (Phi) is 4.62. The van der Waals surface area contributed by atoms with Crippen LogP contribution in [0.5, 0.6) is 0 Å². The van der Waals surface area contributed by atoms with Crippen LogP contribution in [0.25, 0.3) is 0 Å². The van der Waals surface area contributed by atoms with Crippen molar-refractivity contribution in [2.45, 2.75) is 51.6 Å². The van der Waals surface area contributed by atoms with Crippen LogP contribution in [-0.2, 0) is 4.79 Å². The number of likely N-dealkylation sites (tertiary alicyclic amines) is 1. The van der Waals surface area contributed by atoms with Gasteiger partial charge in [0.2, 0.25) is 5.91 Å². The Bertz CT molecular complexity index is 281. The fourth-order valence-corrected chi connectivity index (χ4v) is 2.84. The Balaban J connectivity index is 1.74. The largest absolute Gasteiger partial charge is 0.353 e. The third-order valence-corrected chi connectivity index (χ3v) is 4.33. The molecule has 2 rings (SSSR count). The quantitative estimate of drug-likeness (QED) is 0.767. The van der Waals surface area contributed by atoms with Gasteiger partial charge in [0.05, 0.1) is 5.92 Å². The van der Waals surface area contributed by atoms with Crippen LogP contribution < -0.4 is 11.1 Å². The molecule has 0 spiro atoms. The molecule has 1 unspecified atom stereocenters. The maximum absolute atomic E-state index is 12.1. The van der Waals surface area contributed by atoms with Gasteiger partial charge in [-0.05, 0) is 31.6 Å². The van der Waals surface area contributed by atoms with Crippen LogP contribution in [0.15, 0.2) is 0 Å². The van der Waals surface area contributed by atoms with Crippen LogP contribution in [0.4, 0.5) is 0 Å². The molecule has 1 saturated carbocycles. The average Bonchev–Trinajstić information content (AvgIpc) is 3.14. The lowest BCUT2D eigenvalue weighted by Gasteiger charge is -2.33. The monoisotopic (exact) mass is 253 g/mol. The van der Waals surface area contributed by atoms with Crippen LogP contribution in [0.3, 0.4) is 0 Å². The zero-order chi connectivity index (χ0) is 13.1. The predicted octanol–water partition coefficient (Wildman–Crippen LogP) is 0.960. The van der Waals surface area contributed by atoms with E-state index in [2.05, 4.69) is 24.1 Å². The molecule has 1 aliphatic heterocycles. The topological polar surface area (TPSA) is 58.4 Å². The molecule has 0 aromatic carbocycles. The van der Waals surface area contributed by atoms with Gasteiger partial charge in [-0.2, -0.15) is 0 Å². The standard InChI is InChI=1S/C14H27N3O/c1-10(2)13(9-15)14(18)16-11-5-7-17(8-6-11)12-3-4-12/h10-13H,3-9,15H2,1-2H3,(H,16,18). The number of carbonyl (C=O) groups is 1. The summed E-state index contributed by atoms with van der Waals surface area (Å²) < 4.78 is 0. The fraction of sp³-hybridized carbons (Fsp3) is 0.929. The molecule has 3 N–H and O–H groups in total. The Hall–Kier alpha value is -0.610. The van der Waals surface area contributed by atoms with Gasteiger partial charge in [-0.25, -0.2) is 0 Å². The van der Waals surface area contributed by atoms with E-state index >= 15 is 0 Å². The third kappa shape index (κ3) is 3.45. The van der Waals surface area contributed by atoms with Gasteiger partial charge in [-0.1, -0.05) is 13.8 Å². The maximum Gasteiger partial charge on any atom is 0.224 e. The lowest BCUT2D eigenvalue weighted by Crippen LogP contribution is -2.48. The highest BCUT2D eigenvalue weighted by molar-refractivity contribution is 5.79. The number of hydrogen-bond donors (Lipinski definition) is 2. The number of nitrogens with zero attached hydrogens (tertiary/aromatic N) is 1. The van der Waals surface area contributed by atoms with Crippen LogP contribution in [0.1, 0.15) is 39.5 Å². The van der Waals surface area contributed by atoms with Gasteiger partial charge in [0.1, 0.15) is 0 Å². The lowest BCUT2D eigenvalue weighted by molar-refractivity contribution is -0.127. The van der Waals surface area contributed by atoms with Gasteiger partial charge >= 0.3 is 0 Å². The molecule has 104 valence electrons. The van der Waals surface area contributed by atoms with Crippen molar-refractivity contribution in [2.24, 2.45) is 17.6 Å². The van der Waals surface area contributed by atoms with Crippen LogP contribution in [0, 0.1) is 11.8 Å². The molecule has 1 aliphatic carbocycles. The van der Waals surface area contributed by atoms with Crippen molar-refractivity contribution in [3.8, 4) is 0 Å². The highest BCUT2D eigenvalue weighted by Crippen LogP contribution is 2.29. The Morgan fingerprint density at radius 1 is 1.28 bits per heavy atom. The summed E-state index contributed by atoms with van der Waals surface area (Å²) >= 11 is 0. The number of nitrogens with one attached hydrogen (secondary N) is 1. The molecule has 18 heavy (non-hydrogen) atoms. The van der Waals surface area contributed by atoms with Crippen molar-refractivity contribution in [1.29, 1.82) is 0 Å². The summed E-state index contributed by atoms with van der Waals surface area (Å²) in [4.78, 5) is 14.7. The van der Waals surface area contributed by atoms with Gasteiger partial charge in [0.15, 0.2) is 0 Å². The summed E-state index contributed by atoms with van der Waals surface area (Å²) in [7, 11) is 0. The van der Waals surface area contributed by atoms with Gasteiger partial charge in [0.25, 0.3) is 0 Å². The number of hydrogen-bond acceptors (Lipinski definition) is 3. The summed E-state index contributed by atoms with van der Waals surface area (Å²) in [5.41, 5.74) is 5.68. The van der Waals surface area contributed by atoms with Crippen molar-refractivity contribution in [3.63, 3.8) is 0 Å². The first-order valence-corrected chi connectivity index (χ1v) is 7.36. The molecule has 0 aromatic heterocycles. The number of rotatable bonds is 5. The van der Waals surface area contributed by atoms with E-state index in [1.54, 1.807) is 0 Å². The first-order chi connectivity index (χ1) is 8.61. The van der Waals surface area contributed by atoms with Crippen molar-refractivity contribution in [1.82, 2.24) is 10.2 Å². The number of amides is 1. The molecule has 1 atom stereocenters. The van der Waals surface area contributed by atoms with E-state index in [1.165, 1.54) is 12.8 Å². The number of nitrogens with two attached hydrogens (primary N) is 1. The van der Waals surface area contributed by atoms with E-state index in [9.17, 15) is 4.79 Å². The zero-order valence-corrected chi connectivity index (χ0v) is 11.7. The molecule has 1 heterocycles. The molecule has 0 radical (unpaired) electrons. The average molecular weight is 253 g/mol. The van der Waals surface area contributed by atoms with Gasteiger partial charge < -0.3 is 16.0 Å². The normalized spacial score (nSPS) is 24.2. The lowest BCUT2D eigenvalue weighted by atomic mass is 9.94. The van der Waals surface area contributed by atoms with E-state index in [1.807, 2.05) is 0 Å². The Morgan fingerprint density at radius 2 is 1.89 bits per heavy atom. The second-order valence-corrected chi connectivity index (χ2v) is 6.14. The molecule has 1 saturated heterocycles. The van der Waals surface area contributed by atoms with Crippen molar-refractivity contribution >= 4 is 5.91 Å². The van der Waals surface area contributed by atoms with Gasteiger partial charge in [0, 0.05) is 31.7 Å². The Labute approximate surface area is 110 Å². The molecule has 1 amide bonds. The first-order valence-electron chi connectivity index (χ1n) is 7.36. The van der Waals surface area contributed by atoms with E-state index in [4.69, 9.17) is 5.73 Å². The van der Waals surface area contributed by atoms with E-state index in [-0.39, 0.29) is 11.8 Å². The Morgan fingerprint density at radius 3 is 2.33 bits per heavy atom. The molecule has 0 aromatic rings. The summed E-state index contributed by atoms with van der Waals surface area (Å²) in [6, 6.07) is 1.22. The summed E-state index contributed by atoms with van der Waals surface area (Å²) in [5.74, 6) is 0.436. The van der Waals surface area contributed by atoms with E-state index < -0.39 is 0 Å². The minimum atomic E-state index is -0.0357. The van der Waals surface area contributed by atoms with Crippen LogP contribution in [0.2, 0.25) is 0 Å². The van der Waals surface area contributed by atoms with Gasteiger partial charge in [-0.15, -0.1) is 0 Å². The summed E-state index contributed by atoms with van der Waals surface area (Å²) in [6.07, 6.45) is 4.94.